The fraction of sp³-hybridized carbons (Fsp3) is 0.733. The quantitative estimate of drug-likeness (QED) is 0.170. The first-order chi connectivity index (χ1) is 12.9. The van der Waals surface area contributed by atoms with Gasteiger partial charge in [0.15, 0.2) is 0 Å². The highest BCUT2D eigenvalue weighted by molar-refractivity contribution is 7.51. The second kappa shape index (κ2) is 9.90. The SMILES string of the molecule is C=CCO[C@]1(C(=O)O)C[C@H](OP(C)(=O)O)[C@@H](NC(C)=O)[C@H]([C@H](O)[C@H](O)CO)O1. The number of carboxylic acid groups (broad SMARTS) is 1. The van der Waals surface area contributed by atoms with Crippen molar-refractivity contribution in [3.05, 3.63) is 12.7 Å². The molecule has 1 heterocycles. The van der Waals surface area contributed by atoms with E-state index in [1.165, 1.54) is 6.08 Å². The number of amides is 1. The first-order valence-electron chi connectivity index (χ1n) is 8.25. The van der Waals surface area contributed by atoms with Crippen molar-refractivity contribution in [1.29, 1.82) is 0 Å². The predicted molar refractivity (Wildman–Crippen MR) is 93.3 cm³/mol. The smallest absolute Gasteiger partial charge is 0.364 e. The molecule has 6 N–H and O–H groups in total. The highest BCUT2D eigenvalue weighted by Gasteiger charge is 2.57. The Morgan fingerprint density at radius 3 is 2.50 bits per heavy atom. The molecular formula is C15H26NO11P. The van der Waals surface area contributed by atoms with Gasteiger partial charge in [-0.25, -0.2) is 4.79 Å². The number of carbonyl (C=O) groups excluding carboxylic acids is 1. The molecule has 12 nitrogen and oxygen atoms in total. The Kier molecular flexibility index (Phi) is 8.72. The second-order valence-electron chi connectivity index (χ2n) is 6.36. The molecule has 0 saturated carbocycles. The van der Waals surface area contributed by atoms with Crippen molar-refractivity contribution in [2.75, 3.05) is 19.9 Å². The lowest BCUT2D eigenvalue weighted by Gasteiger charge is -2.47. The van der Waals surface area contributed by atoms with Gasteiger partial charge in [0, 0.05) is 20.0 Å². The number of carboxylic acids is 1. The van der Waals surface area contributed by atoms with Crippen molar-refractivity contribution in [3.63, 3.8) is 0 Å². The molecule has 28 heavy (non-hydrogen) atoms. The van der Waals surface area contributed by atoms with Gasteiger partial charge in [0.25, 0.3) is 5.79 Å². The van der Waals surface area contributed by atoms with Crippen molar-refractivity contribution in [2.24, 2.45) is 0 Å². The van der Waals surface area contributed by atoms with Gasteiger partial charge in [-0.05, 0) is 0 Å². The zero-order chi connectivity index (χ0) is 21.7. The molecule has 0 aliphatic carbocycles. The van der Waals surface area contributed by atoms with Crippen LogP contribution >= 0.6 is 7.60 Å². The monoisotopic (exact) mass is 427 g/mol. The van der Waals surface area contributed by atoms with E-state index >= 15 is 0 Å². The third kappa shape index (κ3) is 6.33. The molecule has 0 aromatic heterocycles. The van der Waals surface area contributed by atoms with Gasteiger partial charge >= 0.3 is 13.6 Å². The number of hydrogen-bond donors (Lipinski definition) is 6. The minimum atomic E-state index is -4.18. The van der Waals surface area contributed by atoms with Crippen LogP contribution in [-0.4, -0.2) is 93.3 Å². The Morgan fingerprint density at radius 2 is 2.07 bits per heavy atom. The average molecular weight is 427 g/mol. The van der Waals surface area contributed by atoms with Crippen molar-refractivity contribution in [3.8, 4) is 0 Å². The van der Waals surface area contributed by atoms with Gasteiger partial charge in [-0.2, -0.15) is 0 Å². The fourth-order valence-electron chi connectivity index (χ4n) is 2.80. The topological polar surface area (TPSA) is 192 Å². The molecule has 0 aromatic carbocycles. The molecule has 0 aromatic rings. The summed E-state index contributed by atoms with van der Waals surface area (Å²) in [6.45, 7) is 4.17. The van der Waals surface area contributed by atoms with Gasteiger partial charge < -0.3 is 44.6 Å². The first kappa shape index (κ1) is 24.7. The summed E-state index contributed by atoms with van der Waals surface area (Å²) in [5.74, 6) is -4.72. The molecule has 1 rings (SSSR count). The minimum absolute atomic E-state index is 0.294. The molecule has 1 unspecified atom stereocenters. The summed E-state index contributed by atoms with van der Waals surface area (Å²) >= 11 is 0. The number of aliphatic carboxylic acids is 1. The van der Waals surface area contributed by atoms with E-state index in [0.29, 0.717) is 0 Å². The van der Waals surface area contributed by atoms with E-state index in [0.717, 1.165) is 13.6 Å². The number of nitrogens with one attached hydrogen (secondary N) is 1. The largest absolute Gasteiger partial charge is 0.477 e. The molecule has 1 saturated heterocycles. The van der Waals surface area contributed by atoms with E-state index in [1.807, 2.05) is 0 Å². The lowest BCUT2D eigenvalue weighted by atomic mass is 9.88. The van der Waals surface area contributed by atoms with Crippen molar-refractivity contribution >= 4 is 19.5 Å². The zero-order valence-corrected chi connectivity index (χ0v) is 16.3. The summed E-state index contributed by atoms with van der Waals surface area (Å²) in [5.41, 5.74) is 0. The van der Waals surface area contributed by atoms with Gasteiger partial charge in [0.05, 0.1) is 25.4 Å². The van der Waals surface area contributed by atoms with Crippen LogP contribution in [0, 0.1) is 0 Å². The Balaban J connectivity index is 3.45. The zero-order valence-electron chi connectivity index (χ0n) is 15.4. The van der Waals surface area contributed by atoms with Gasteiger partial charge in [-0.1, -0.05) is 6.08 Å². The Labute approximate surface area is 161 Å². The number of ether oxygens (including phenoxy) is 2. The normalized spacial score (nSPS) is 32.0. The molecule has 1 aliphatic heterocycles. The second-order valence-corrected chi connectivity index (χ2v) is 8.17. The Hall–Kier alpha value is -1.37. The van der Waals surface area contributed by atoms with Crippen LogP contribution in [0.3, 0.4) is 0 Å². The summed E-state index contributed by atoms with van der Waals surface area (Å²) < 4.78 is 27.5. The highest BCUT2D eigenvalue weighted by Crippen LogP contribution is 2.44. The third-order valence-electron chi connectivity index (χ3n) is 3.93. The minimum Gasteiger partial charge on any atom is -0.477 e. The van der Waals surface area contributed by atoms with Gasteiger partial charge in [0.2, 0.25) is 5.91 Å². The Morgan fingerprint density at radius 1 is 1.46 bits per heavy atom. The van der Waals surface area contributed by atoms with Crippen LogP contribution in [0.25, 0.3) is 0 Å². The van der Waals surface area contributed by atoms with Crippen molar-refractivity contribution in [1.82, 2.24) is 5.32 Å². The van der Waals surface area contributed by atoms with E-state index in [-0.39, 0.29) is 6.61 Å². The molecule has 0 spiro atoms. The Bertz CT molecular complexity index is 623. The van der Waals surface area contributed by atoms with E-state index in [4.69, 9.17) is 19.1 Å². The summed E-state index contributed by atoms with van der Waals surface area (Å²) in [6.07, 6.45) is -6.18. The van der Waals surface area contributed by atoms with Crippen molar-refractivity contribution < 1.29 is 53.5 Å². The molecule has 7 atom stereocenters. The third-order valence-corrected chi connectivity index (χ3v) is 4.59. The maximum absolute atomic E-state index is 11.9. The standard InChI is InChI=1S/C15H26NO11P/c1-4-5-25-15(14(21)22)6-10(27-28(3,23)24)11(16-8(2)18)13(26-15)12(20)9(19)7-17/h4,9-13,17,19-20H,1,5-7H2,2-3H3,(H,16,18)(H,21,22)(H,23,24)/t9-,10+,11-,12-,13-,15-/m1/s1. The average Bonchev–Trinajstić information content (AvgIpc) is 2.58. The molecule has 1 fully saturated rings. The molecule has 13 heteroatoms. The van der Waals surface area contributed by atoms with Crippen LogP contribution in [-0.2, 0) is 28.2 Å². The van der Waals surface area contributed by atoms with Crippen LogP contribution in [0.2, 0.25) is 0 Å². The maximum atomic E-state index is 11.9. The highest BCUT2D eigenvalue weighted by atomic mass is 31.2. The lowest BCUT2D eigenvalue weighted by molar-refractivity contribution is -0.306. The van der Waals surface area contributed by atoms with Crippen LogP contribution < -0.4 is 5.32 Å². The van der Waals surface area contributed by atoms with Gasteiger partial charge in [-0.15, -0.1) is 6.58 Å². The summed E-state index contributed by atoms with van der Waals surface area (Å²) in [6, 6.07) is -1.34. The maximum Gasteiger partial charge on any atom is 0.364 e. The van der Waals surface area contributed by atoms with Gasteiger partial charge in [-0.3, -0.25) is 9.36 Å². The number of aliphatic hydroxyl groups excluding tert-OH is 3. The molecule has 162 valence electrons. The predicted octanol–water partition coefficient (Wildman–Crippen LogP) is -1.82. The summed E-state index contributed by atoms with van der Waals surface area (Å²) in [5, 5.41) is 41.2. The van der Waals surface area contributed by atoms with Crippen LogP contribution in [0.1, 0.15) is 13.3 Å². The first-order valence-corrected chi connectivity index (χ1v) is 10.3. The van der Waals surface area contributed by atoms with Crippen LogP contribution in [0.15, 0.2) is 12.7 Å². The summed E-state index contributed by atoms with van der Waals surface area (Å²) in [7, 11) is -4.18. The van der Waals surface area contributed by atoms with E-state index in [9.17, 15) is 34.4 Å². The molecule has 0 bridgehead atoms. The lowest BCUT2D eigenvalue weighted by Crippen LogP contribution is -2.68. The molecule has 1 amide bonds. The van der Waals surface area contributed by atoms with Crippen LogP contribution in [0.4, 0.5) is 0 Å². The van der Waals surface area contributed by atoms with E-state index in [2.05, 4.69) is 11.9 Å². The fourth-order valence-corrected chi connectivity index (χ4v) is 3.51. The molecule has 1 aliphatic rings. The number of hydrogen-bond acceptors (Lipinski definition) is 9. The molecular weight excluding hydrogens is 401 g/mol. The van der Waals surface area contributed by atoms with Gasteiger partial charge in [0.1, 0.15) is 18.3 Å². The number of carbonyl (C=O) groups is 2. The number of aliphatic hydroxyl groups is 3. The van der Waals surface area contributed by atoms with E-state index < -0.39 is 68.7 Å². The number of rotatable bonds is 10. The van der Waals surface area contributed by atoms with Crippen LogP contribution in [0.5, 0.6) is 0 Å². The van der Waals surface area contributed by atoms with Crippen molar-refractivity contribution in [2.45, 2.75) is 49.6 Å². The van der Waals surface area contributed by atoms with E-state index in [1.54, 1.807) is 0 Å². The molecule has 0 radical (unpaired) electrons. The summed E-state index contributed by atoms with van der Waals surface area (Å²) in [4.78, 5) is 33.1.